The van der Waals surface area contributed by atoms with Crippen LogP contribution >= 0.6 is 0 Å². The average molecular weight is 385 g/mol. The van der Waals surface area contributed by atoms with Crippen LogP contribution in [0.4, 0.5) is 0 Å². The summed E-state index contributed by atoms with van der Waals surface area (Å²) in [5.74, 6) is 0.492. The molecule has 2 atom stereocenters. The van der Waals surface area contributed by atoms with E-state index in [1.165, 1.54) is 4.68 Å². The first-order chi connectivity index (χ1) is 13.5. The summed E-state index contributed by atoms with van der Waals surface area (Å²) >= 11 is 0. The number of carbonyl (C=O) groups excluding carboxylic acids is 1. The van der Waals surface area contributed by atoms with Gasteiger partial charge >= 0.3 is 5.69 Å². The third-order valence-electron chi connectivity index (χ3n) is 5.76. The number of rotatable bonds is 5. The third kappa shape index (κ3) is 3.01. The number of methoxy groups -OCH3 is 1. The van der Waals surface area contributed by atoms with Crippen LogP contribution < -0.4 is 5.69 Å². The van der Waals surface area contributed by atoms with Crippen molar-refractivity contribution in [2.75, 3.05) is 13.7 Å². The summed E-state index contributed by atoms with van der Waals surface area (Å²) in [4.78, 5) is 27.9. The van der Waals surface area contributed by atoms with Gasteiger partial charge in [0.2, 0.25) is 11.7 Å². The Hall–Kier alpha value is -2.61. The summed E-state index contributed by atoms with van der Waals surface area (Å²) in [5, 5.41) is 4.51. The Morgan fingerprint density at radius 3 is 2.54 bits per heavy atom. The average Bonchev–Trinajstić information content (AvgIpc) is 3.14. The summed E-state index contributed by atoms with van der Waals surface area (Å²) < 4.78 is 10.1. The quantitative estimate of drug-likeness (QED) is 0.672. The summed E-state index contributed by atoms with van der Waals surface area (Å²) in [5.41, 5.74) is 1.43. The van der Waals surface area contributed by atoms with Crippen molar-refractivity contribution in [3.63, 3.8) is 0 Å². The molecule has 3 aromatic rings. The molecule has 0 radical (unpaired) electrons. The van der Waals surface area contributed by atoms with Gasteiger partial charge in [-0.2, -0.15) is 0 Å². The first-order valence-electron chi connectivity index (χ1n) is 9.89. The fraction of sp³-hybridized carbons (Fsp3) is 0.550. The van der Waals surface area contributed by atoms with Crippen LogP contribution in [0.15, 0.2) is 29.1 Å². The maximum Gasteiger partial charge on any atom is 0.352 e. The van der Waals surface area contributed by atoms with Crippen LogP contribution in [0.25, 0.3) is 16.8 Å². The number of nitrogens with zero attached hydrogens (tertiary/aromatic N) is 5. The number of amides is 1. The maximum atomic E-state index is 13.1. The Kier molecular flexibility index (Phi) is 4.97. The van der Waals surface area contributed by atoms with E-state index in [1.807, 2.05) is 33.7 Å². The molecule has 0 aliphatic carbocycles. The number of benzene rings is 1. The van der Waals surface area contributed by atoms with Gasteiger partial charge < -0.3 is 14.2 Å². The molecule has 1 aliphatic rings. The molecule has 1 saturated heterocycles. The molecule has 8 heteroatoms. The van der Waals surface area contributed by atoms with Gasteiger partial charge in [-0.15, -0.1) is 5.10 Å². The lowest BCUT2D eigenvalue weighted by Gasteiger charge is -2.39. The number of ether oxygens (including phenoxy) is 1. The number of aromatic nitrogens is 4. The monoisotopic (exact) mass is 385 g/mol. The molecular formula is C20H27N5O3. The van der Waals surface area contributed by atoms with Crippen molar-refractivity contribution >= 4 is 22.7 Å². The van der Waals surface area contributed by atoms with Gasteiger partial charge in [0.05, 0.1) is 17.6 Å². The lowest BCUT2D eigenvalue weighted by Crippen LogP contribution is -2.49. The number of hydrogen-bond acceptors (Lipinski definition) is 4. The number of para-hydroxylation sites is 2. The van der Waals surface area contributed by atoms with Gasteiger partial charge in [0.1, 0.15) is 6.54 Å². The molecule has 0 spiro atoms. The topological polar surface area (TPSA) is 73.8 Å². The van der Waals surface area contributed by atoms with E-state index in [1.54, 1.807) is 11.5 Å². The Balaban J connectivity index is 1.74. The van der Waals surface area contributed by atoms with Gasteiger partial charge in [-0.25, -0.2) is 13.9 Å². The molecule has 1 fully saturated rings. The second-order valence-electron chi connectivity index (χ2n) is 7.64. The lowest BCUT2D eigenvalue weighted by molar-refractivity contribution is -0.138. The molecule has 2 aromatic heterocycles. The van der Waals surface area contributed by atoms with Crippen LogP contribution in [0.2, 0.25) is 0 Å². The second kappa shape index (κ2) is 7.43. The minimum atomic E-state index is -0.284. The highest BCUT2D eigenvalue weighted by atomic mass is 16.5. The number of imidazole rings is 1. The first-order valence-corrected chi connectivity index (χ1v) is 9.89. The number of fused-ring (bicyclic) bond motifs is 3. The molecule has 28 heavy (non-hydrogen) atoms. The number of hydrogen-bond donors (Lipinski definition) is 0. The lowest BCUT2D eigenvalue weighted by atomic mass is 9.97. The Bertz CT molecular complexity index is 1050. The molecule has 8 nitrogen and oxygen atoms in total. The number of piperidine rings is 1. The molecular weight excluding hydrogens is 358 g/mol. The first kappa shape index (κ1) is 18.7. The molecule has 2 unspecified atom stereocenters. The van der Waals surface area contributed by atoms with E-state index >= 15 is 0 Å². The number of carbonyl (C=O) groups is 1. The van der Waals surface area contributed by atoms with Gasteiger partial charge in [-0.1, -0.05) is 12.1 Å². The van der Waals surface area contributed by atoms with E-state index in [2.05, 4.69) is 18.9 Å². The number of likely N-dealkylation sites (tertiary alicyclic amines) is 1. The highest BCUT2D eigenvalue weighted by molar-refractivity contribution is 5.81. The third-order valence-corrected chi connectivity index (χ3v) is 5.76. The van der Waals surface area contributed by atoms with E-state index in [9.17, 15) is 9.59 Å². The predicted molar refractivity (Wildman–Crippen MR) is 106 cm³/mol. The molecule has 150 valence electrons. The van der Waals surface area contributed by atoms with E-state index in [4.69, 9.17) is 4.74 Å². The molecule has 3 heterocycles. The molecule has 0 saturated carbocycles. The van der Waals surface area contributed by atoms with Crippen molar-refractivity contribution in [3.05, 3.63) is 34.7 Å². The fourth-order valence-corrected chi connectivity index (χ4v) is 4.40. The van der Waals surface area contributed by atoms with Crippen LogP contribution in [0, 0.1) is 0 Å². The van der Waals surface area contributed by atoms with Crippen LogP contribution in [0.5, 0.6) is 0 Å². The second-order valence-corrected chi connectivity index (χ2v) is 7.64. The zero-order valence-corrected chi connectivity index (χ0v) is 16.7. The molecule has 0 N–H and O–H groups in total. The fourth-order valence-electron chi connectivity index (χ4n) is 4.40. The van der Waals surface area contributed by atoms with Crippen LogP contribution in [-0.2, 0) is 22.6 Å². The summed E-state index contributed by atoms with van der Waals surface area (Å²) in [7, 11) is 1.65. The highest BCUT2D eigenvalue weighted by Gasteiger charge is 2.30. The van der Waals surface area contributed by atoms with Crippen LogP contribution in [0.1, 0.15) is 33.1 Å². The van der Waals surface area contributed by atoms with Crippen molar-refractivity contribution in [1.82, 2.24) is 23.6 Å². The van der Waals surface area contributed by atoms with Crippen molar-refractivity contribution < 1.29 is 9.53 Å². The zero-order chi connectivity index (χ0) is 19.8. The molecule has 0 bridgehead atoms. The Labute approximate surface area is 163 Å². The van der Waals surface area contributed by atoms with E-state index in [0.29, 0.717) is 18.9 Å². The van der Waals surface area contributed by atoms with Gasteiger partial charge in [-0.3, -0.25) is 4.79 Å². The van der Waals surface area contributed by atoms with Crippen molar-refractivity contribution in [1.29, 1.82) is 0 Å². The van der Waals surface area contributed by atoms with Gasteiger partial charge in [-0.05, 0) is 45.2 Å². The predicted octanol–water partition coefficient (Wildman–Crippen LogP) is 1.89. The maximum absolute atomic E-state index is 13.1. The molecule has 1 aromatic carbocycles. The Morgan fingerprint density at radius 2 is 1.86 bits per heavy atom. The summed E-state index contributed by atoms with van der Waals surface area (Å²) in [6, 6.07) is 8.09. The van der Waals surface area contributed by atoms with E-state index in [0.717, 1.165) is 30.3 Å². The summed E-state index contributed by atoms with van der Waals surface area (Å²) in [6.45, 7) is 5.21. The minimum absolute atomic E-state index is 0.0339. The van der Waals surface area contributed by atoms with Gasteiger partial charge in [0.15, 0.2) is 0 Å². The van der Waals surface area contributed by atoms with Crippen molar-refractivity contribution in [3.8, 4) is 0 Å². The van der Waals surface area contributed by atoms with Crippen LogP contribution in [-0.4, -0.2) is 55.4 Å². The normalized spacial score (nSPS) is 20.3. The van der Waals surface area contributed by atoms with Crippen LogP contribution in [0.3, 0.4) is 0 Å². The SMILES string of the molecule is COCCn1c2ccccc2n2c(=O)n(CC(=O)N3C(C)CCCC3C)nc12. The molecule has 4 rings (SSSR count). The highest BCUT2D eigenvalue weighted by Crippen LogP contribution is 2.23. The van der Waals surface area contributed by atoms with E-state index < -0.39 is 0 Å². The molecule has 1 aliphatic heterocycles. The van der Waals surface area contributed by atoms with Gasteiger partial charge in [0.25, 0.3) is 0 Å². The smallest absolute Gasteiger partial charge is 0.352 e. The largest absolute Gasteiger partial charge is 0.383 e. The summed E-state index contributed by atoms with van der Waals surface area (Å²) in [6.07, 6.45) is 3.14. The van der Waals surface area contributed by atoms with Crippen molar-refractivity contribution in [2.45, 2.75) is 58.3 Å². The van der Waals surface area contributed by atoms with E-state index in [-0.39, 0.29) is 30.2 Å². The molecule has 1 amide bonds. The Morgan fingerprint density at radius 1 is 1.18 bits per heavy atom. The van der Waals surface area contributed by atoms with Crippen molar-refractivity contribution in [2.24, 2.45) is 0 Å². The minimum Gasteiger partial charge on any atom is -0.383 e. The van der Waals surface area contributed by atoms with Gasteiger partial charge in [0, 0.05) is 25.7 Å². The zero-order valence-electron chi connectivity index (χ0n) is 16.7. The standard InChI is InChI=1S/C20H27N5O3/c1-14-7-6-8-15(2)24(14)18(26)13-23-20(27)25-17-10-5-4-9-16(17)22(11-12-28-3)19(25)21-23/h4-5,9-10,14-15H,6-8,11-13H2,1-3H3.